The van der Waals surface area contributed by atoms with Crippen LogP contribution < -0.4 is 11.1 Å². The first-order chi connectivity index (χ1) is 13.4. The highest BCUT2D eigenvalue weighted by atomic mass is 16.2. The van der Waals surface area contributed by atoms with Gasteiger partial charge >= 0.3 is 11.1 Å². The third kappa shape index (κ3) is 3.23. The Bertz CT molecular complexity index is 1090. The highest BCUT2D eigenvalue weighted by Crippen LogP contribution is 2.42. The van der Waals surface area contributed by atoms with Gasteiger partial charge in [-0.2, -0.15) is 0 Å². The number of nitrogens with one attached hydrogen (secondary N) is 1. The van der Waals surface area contributed by atoms with E-state index in [0.29, 0.717) is 29.2 Å². The van der Waals surface area contributed by atoms with Crippen LogP contribution in [-0.2, 0) is 0 Å². The van der Waals surface area contributed by atoms with Crippen molar-refractivity contribution in [3.8, 4) is 0 Å². The molecule has 2 saturated carbocycles. The number of aromatic amines is 1. The first-order valence-corrected chi connectivity index (χ1v) is 9.65. The summed E-state index contributed by atoms with van der Waals surface area (Å²) in [6.45, 7) is 9.29. The molecule has 28 heavy (non-hydrogen) atoms. The number of rotatable bonds is 5. The molecule has 2 fully saturated rings. The van der Waals surface area contributed by atoms with Gasteiger partial charge in [-0.3, -0.25) is 14.2 Å². The fourth-order valence-corrected chi connectivity index (χ4v) is 3.68. The molecule has 0 bridgehead atoms. The van der Waals surface area contributed by atoms with Crippen molar-refractivity contribution in [1.82, 2.24) is 19.5 Å². The van der Waals surface area contributed by atoms with Gasteiger partial charge < -0.3 is 4.98 Å². The van der Waals surface area contributed by atoms with Crippen molar-refractivity contribution in [2.24, 2.45) is 15.9 Å². The summed E-state index contributed by atoms with van der Waals surface area (Å²) in [5, 5.41) is 0. The molecule has 1 N–H and O–H groups in total. The van der Waals surface area contributed by atoms with Crippen LogP contribution in [0.5, 0.6) is 0 Å². The molecule has 146 valence electrons. The number of hydrogen-bond donors (Lipinski definition) is 1. The lowest BCUT2D eigenvalue weighted by Gasteiger charge is -2.19. The van der Waals surface area contributed by atoms with Crippen molar-refractivity contribution in [3.63, 3.8) is 0 Å². The number of aliphatic imine (C=N–C) groups is 2. The Kier molecular flexibility index (Phi) is 4.56. The van der Waals surface area contributed by atoms with Crippen LogP contribution in [0.3, 0.4) is 0 Å². The molecule has 2 aromatic rings. The third-order valence-electron chi connectivity index (χ3n) is 5.60. The van der Waals surface area contributed by atoms with E-state index in [1.807, 2.05) is 13.8 Å². The van der Waals surface area contributed by atoms with Crippen LogP contribution in [0.25, 0.3) is 0 Å². The fraction of sp³-hybridized carbons (Fsp3) is 0.500. The van der Waals surface area contributed by atoms with Crippen molar-refractivity contribution in [2.45, 2.75) is 58.4 Å². The molecule has 8 nitrogen and oxygen atoms in total. The van der Waals surface area contributed by atoms with Crippen LogP contribution in [0.15, 0.2) is 25.9 Å². The summed E-state index contributed by atoms with van der Waals surface area (Å²) in [4.78, 5) is 45.0. The Morgan fingerprint density at radius 1 is 1.25 bits per heavy atom. The Morgan fingerprint density at radius 2 is 1.96 bits per heavy atom. The SMILES string of the molecule is C=N/C(=N\c1c(C)[nH]c(=O)c(=O)n1[C@@H](C)C1CC1)c1c(C)ncnc1C1CC1. The standard InChI is InChI=1S/C20H24N6O2/c1-10-15(16(14-7-8-14)23-9-22-10)17(21-4)25-18-11(2)24-19(27)20(28)26(18)12(3)13-5-6-13/h9,12-14H,4-8H2,1-3H3,(H,24,27)/b25-17-/t12-/m0/s1. The van der Waals surface area contributed by atoms with Gasteiger partial charge in [0, 0.05) is 12.0 Å². The highest BCUT2D eigenvalue weighted by molar-refractivity contribution is 6.04. The molecule has 0 saturated heterocycles. The number of hydrogen-bond acceptors (Lipinski definition) is 5. The van der Waals surface area contributed by atoms with Gasteiger partial charge in [0.1, 0.15) is 6.33 Å². The normalized spacial score (nSPS) is 18.2. The van der Waals surface area contributed by atoms with Crippen LogP contribution in [0.2, 0.25) is 0 Å². The summed E-state index contributed by atoms with van der Waals surface area (Å²) in [6.07, 6.45) is 5.81. The fourth-order valence-electron chi connectivity index (χ4n) is 3.68. The van der Waals surface area contributed by atoms with Gasteiger partial charge in [0.15, 0.2) is 11.7 Å². The smallest absolute Gasteiger partial charge is 0.318 e. The molecule has 0 unspecified atom stereocenters. The molecule has 1 atom stereocenters. The first-order valence-electron chi connectivity index (χ1n) is 9.65. The first kappa shape index (κ1) is 18.5. The monoisotopic (exact) mass is 380 g/mol. The zero-order chi connectivity index (χ0) is 20.0. The zero-order valence-electron chi connectivity index (χ0n) is 16.4. The van der Waals surface area contributed by atoms with Crippen molar-refractivity contribution in [2.75, 3.05) is 0 Å². The summed E-state index contributed by atoms with van der Waals surface area (Å²) < 4.78 is 1.51. The topological polar surface area (TPSA) is 105 Å². The zero-order valence-corrected chi connectivity index (χ0v) is 16.4. The van der Waals surface area contributed by atoms with Gasteiger partial charge in [-0.05, 0) is 59.1 Å². The largest absolute Gasteiger partial charge is 0.318 e. The Morgan fingerprint density at radius 3 is 2.57 bits per heavy atom. The van der Waals surface area contributed by atoms with Gasteiger partial charge in [0.2, 0.25) is 0 Å². The van der Waals surface area contributed by atoms with E-state index in [2.05, 4.69) is 26.7 Å². The summed E-state index contributed by atoms with van der Waals surface area (Å²) >= 11 is 0. The van der Waals surface area contributed by atoms with Crippen molar-refractivity contribution in [1.29, 1.82) is 0 Å². The quantitative estimate of drug-likeness (QED) is 0.489. The summed E-state index contributed by atoms with van der Waals surface area (Å²) in [6, 6.07) is -0.102. The molecule has 0 amide bonds. The maximum Gasteiger partial charge on any atom is 0.318 e. The Balaban J connectivity index is 1.93. The van der Waals surface area contributed by atoms with Crippen LogP contribution in [0, 0.1) is 19.8 Å². The van der Waals surface area contributed by atoms with Gasteiger partial charge in [0.25, 0.3) is 0 Å². The van der Waals surface area contributed by atoms with Crippen molar-refractivity contribution >= 4 is 18.4 Å². The predicted octanol–water partition coefficient (Wildman–Crippen LogP) is 2.57. The van der Waals surface area contributed by atoms with Crippen LogP contribution in [0.1, 0.15) is 67.2 Å². The lowest BCUT2D eigenvalue weighted by atomic mass is 10.1. The lowest BCUT2D eigenvalue weighted by Crippen LogP contribution is -2.38. The highest BCUT2D eigenvalue weighted by Gasteiger charge is 2.33. The van der Waals surface area contributed by atoms with Gasteiger partial charge in [0.05, 0.1) is 22.6 Å². The Hall–Kier alpha value is -2.90. The summed E-state index contributed by atoms with van der Waals surface area (Å²) in [5.74, 6) is 1.56. The predicted molar refractivity (Wildman–Crippen MR) is 108 cm³/mol. The minimum absolute atomic E-state index is 0.102. The van der Waals surface area contributed by atoms with E-state index >= 15 is 0 Å². The van der Waals surface area contributed by atoms with Crippen LogP contribution >= 0.6 is 0 Å². The van der Waals surface area contributed by atoms with Gasteiger partial charge in [-0.25, -0.2) is 20.0 Å². The summed E-state index contributed by atoms with van der Waals surface area (Å²) in [5.41, 5.74) is 1.77. The van der Waals surface area contributed by atoms with E-state index in [1.54, 1.807) is 13.3 Å². The van der Waals surface area contributed by atoms with Gasteiger partial charge in [-0.1, -0.05) is 0 Å². The molecule has 2 aliphatic carbocycles. The third-order valence-corrected chi connectivity index (χ3v) is 5.60. The molecule has 0 aliphatic heterocycles. The second kappa shape index (κ2) is 6.92. The molecule has 0 aromatic carbocycles. The van der Waals surface area contributed by atoms with Crippen molar-refractivity contribution < 1.29 is 0 Å². The second-order valence-corrected chi connectivity index (χ2v) is 7.74. The van der Waals surface area contributed by atoms with Gasteiger partial charge in [-0.15, -0.1) is 0 Å². The minimum atomic E-state index is -0.630. The molecular weight excluding hydrogens is 356 g/mol. The van der Waals surface area contributed by atoms with E-state index in [9.17, 15) is 9.59 Å². The summed E-state index contributed by atoms with van der Waals surface area (Å²) in [7, 11) is 0. The van der Waals surface area contributed by atoms with Crippen molar-refractivity contribution in [3.05, 3.63) is 49.7 Å². The Labute approximate surface area is 162 Å². The molecule has 0 radical (unpaired) electrons. The number of aromatic nitrogens is 4. The van der Waals surface area contributed by atoms with Crippen LogP contribution in [0.4, 0.5) is 5.82 Å². The average molecular weight is 380 g/mol. The molecular formula is C20H24N6O2. The molecule has 2 heterocycles. The number of H-pyrrole nitrogens is 1. The molecule has 2 aliphatic rings. The molecule has 4 rings (SSSR count). The number of nitrogens with zero attached hydrogens (tertiary/aromatic N) is 5. The minimum Gasteiger partial charge on any atom is -0.318 e. The average Bonchev–Trinajstić information content (AvgIpc) is 3.56. The number of amidine groups is 1. The maximum atomic E-state index is 12.7. The van der Waals surface area contributed by atoms with E-state index < -0.39 is 11.1 Å². The van der Waals surface area contributed by atoms with E-state index in [1.165, 1.54) is 4.57 Å². The second-order valence-electron chi connectivity index (χ2n) is 7.74. The maximum absolute atomic E-state index is 12.7. The van der Waals surface area contributed by atoms with E-state index in [4.69, 9.17) is 4.99 Å². The number of aryl methyl sites for hydroxylation is 2. The lowest BCUT2D eigenvalue weighted by molar-refractivity contribution is 0.469. The van der Waals surface area contributed by atoms with Crippen LogP contribution in [-0.4, -0.2) is 32.1 Å². The van der Waals surface area contributed by atoms with E-state index in [0.717, 1.165) is 42.6 Å². The molecule has 2 aromatic heterocycles. The molecule has 0 spiro atoms. The molecule has 8 heteroatoms. The van der Waals surface area contributed by atoms with E-state index in [-0.39, 0.29) is 6.04 Å².